The first-order chi connectivity index (χ1) is 9.86. The maximum Gasteiger partial charge on any atom is 0.317 e. The van der Waals surface area contributed by atoms with Gasteiger partial charge in [0.2, 0.25) is 5.91 Å². The predicted octanol–water partition coefficient (Wildman–Crippen LogP) is -2.96. The predicted molar refractivity (Wildman–Crippen MR) is 70.5 cm³/mol. The summed E-state index contributed by atoms with van der Waals surface area (Å²) < 4.78 is 5.48. The lowest BCUT2D eigenvalue weighted by Gasteiger charge is -2.42. The zero-order valence-electron chi connectivity index (χ0n) is 11.7. The van der Waals surface area contributed by atoms with Crippen molar-refractivity contribution in [3.05, 3.63) is 0 Å². The second-order valence-electron chi connectivity index (χ2n) is 4.96. The molecule has 122 valence electrons. The van der Waals surface area contributed by atoms with Crippen LogP contribution in [0.2, 0.25) is 0 Å². The second kappa shape index (κ2) is 8.25. The standard InChI is InChI=1S/C12H22N2O7/c1-6(16)14-10-7(2-3-13-4-9(17)18)21-8(5-15)11(19)12(10)20/h7-8,10-13,15,19-20H,2-5H2,1H3,(H,14,16)(H,17,18)/t7-,8-,10+,11+,12-/m1/s1. The van der Waals surface area contributed by atoms with Crippen molar-refractivity contribution < 1.29 is 34.8 Å². The topological polar surface area (TPSA) is 148 Å². The Kier molecular flexibility index (Phi) is 6.99. The van der Waals surface area contributed by atoms with E-state index in [1.54, 1.807) is 0 Å². The third-order valence-corrected chi connectivity index (χ3v) is 3.28. The third-order valence-electron chi connectivity index (χ3n) is 3.28. The molecule has 21 heavy (non-hydrogen) atoms. The summed E-state index contributed by atoms with van der Waals surface area (Å²) in [6.45, 7) is 0.876. The number of carbonyl (C=O) groups excluding carboxylic acids is 1. The number of aliphatic hydroxyl groups excluding tert-OH is 3. The van der Waals surface area contributed by atoms with E-state index in [-0.39, 0.29) is 19.0 Å². The number of nitrogens with one attached hydrogen (secondary N) is 2. The Morgan fingerprint density at radius 3 is 2.38 bits per heavy atom. The Hall–Kier alpha value is -1.26. The molecule has 1 aliphatic heterocycles. The Morgan fingerprint density at radius 1 is 1.19 bits per heavy atom. The van der Waals surface area contributed by atoms with Crippen LogP contribution in [0.25, 0.3) is 0 Å². The van der Waals surface area contributed by atoms with Gasteiger partial charge in [-0.05, 0) is 13.0 Å². The summed E-state index contributed by atoms with van der Waals surface area (Å²) in [4.78, 5) is 21.6. The van der Waals surface area contributed by atoms with Crippen molar-refractivity contribution in [2.45, 2.75) is 43.8 Å². The van der Waals surface area contributed by atoms with Gasteiger partial charge in [0.1, 0.15) is 18.3 Å². The van der Waals surface area contributed by atoms with Gasteiger partial charge in [-0.1, -0.05) is 0 Å². The molecule has 0 aromatic rings. The number of ether oxygens (including phenoxy) is 1. The highest BCUT2D eigenvalue weighted by Crippen LogP contribution is 2.23. The first kappa shape index (κ1) is 17.8. The van der Waals surface area contributed by atoms with Crippen LogP contribution in [-0.4, -0.2) is 82.5 Å². The van der Waals surface area contributed by atoms with Crippen LogP contribution in [0, 0.1) is 0 Å². The molecule has 1 heterocycles. The highest BCUT2D eigenvalue weighted by Gasteiger charge is 2.44. The maximum absolute atomic E-state index is 11.2. The summed E-state index contributed by atoms with van der Waals surface area (Å²) in [5, 5.41) is 42.7. The van der Waals surface area contributed by atoms with E-state index < -0.39 is 43.0 Å². The number of aliphatic hydroxyl groups is 3. The van der Waals surface area contributed by atoms with Gasteiger partial charge in [-0.15, -0.1) is 0 Å². The molecule has 9 heteroatoms. The molecule has 0 radical (unpaired) electrons. The monoisotopic (exact) mass is 306 g/mol. The van der Waals surface area contributed by atoms with Crippen molar-refractivity contribution in [3.63, 3.8) is 0 Å². The van der Waals surface area contributed by atoms with Gasteiger partial charge in [-0.3, -0.25) is 9.59 Å². The minimum Gasteiger partial charge on any atom is -0.480 e. The Labute approximate surface area is 121 Å². The van der Waals surface area contributed by atoms with E-state index in [1.165, 1.54) is 6.92 Å². The van der Waals surface area contributed by atoms with Crippen molar-refractivity contribution in [3.8, 4) is 0 Å². The first-order valence-corrected chi connectivity index (χ1v) is 6.69. The average molecular weight is 306 g/mol. The molecule has 0 unspecified atom stereocenters. The molecule has 0 bridgehead atoms. The van der Waals surface area contributed by atoms with E-state index in [4.69, 9.17) is 14.9 Å². The lowest BCUT2D eigenvalue weighted by Crippen LogP contribution is -2.64. The molecule has 0 spiro atoms. The summed E-state index contributed by atoms with van der Waals surface area (Å²) in [5.74, 6) is -1.39. The second-order valence-corrected chi connectivity index (χ2v) is 4.96. The molecule has 5 atom stereocenters. The Balaban J connectivity index is 2.64. The number of hydrogen-bond acceptors (Lipinski definition) is 7. The van der Waals surface area contributed by atoms with Gasteiger partial charge in [-0.2, -0.15) is 0 Å². The molecule has 0 aliphatic carbocycles. The SMILES string of the molecule is CC(=O)N[C@@H]1[C@@H](O)[C@@H](O)[C@@H](CO)O[C@@H]1CCNCC(=O)O. The number of hydrogen-bond donors (Lipinski definition) is 6. The van der Waals surface area contributed by atoms with Crippen LogP contribution >= 0.6 is 0 Å². The summed E-state index contributed by atoms with van der Waals surface area (Å²) >= 11 is 0. The van der Waals surface area contributed by atoms with Crippen LogP contribution < -0.4 is 10.6 Å². The molecule has 1 rings (SSSR count). The molecule has 1 aliphatic rings. The maximum atomic E-state index is 11.2. The van der Waals surface area contributed by atoms with Crippen molar-refractivity contribution >= 4 is 11.9 Å². The smallest absolute Gasteiger partial charge is 0.317 e. The lowest BCUT2D eigenvalue weighted by molar-refractivity contribution is -0.196. The molecule has 1 saturated heterocycles. The van der Waals surface area contributed by atoms with Crippen LogP contribution in [0.15, 0.2) is 0 Å². The van der Waals surface area contributed by atoms with Gasteiger partial charge in [0, 0.05) is 6.92 Å². The van der Waals surface area contributed by atoms with Gasteiger partial charge < -0.3 is 35.8 Å². The van der Waals surface area contributed by atoms with Crippen LogP contribution in [0.4, 0.5) is 0 Å². The summed E-state index contributed by atoms with van der Waals surface area (Å²) in [7, 11) is 0. The number of carboxylic acids is 1. The lowest BCUT2D eigenvalue weighted by atomic mass is 9.91. The van der Waals surface area contributed by atoms with Crippen LogP contribution in [0.1, 0.15) is 13.3 Å². The largest absolute Gasteiger partial charge is 0.480 e. The molecule has 0 aromatic heterocycles. The molecule has 0 saturated carbocycles. The number of rotatable bonds is 7. The van der Waals surface area contributed by atoms with Crippen LogP contribution in [0.5, 0.6) is 0 Å². The fourth-order valence-corrected chi connectivity index (χ4v) is 2.29. The third kappa shape index (κ3) is 5.21. The summed E-state index contributed by atoms with van der Waals surface area (Å²) in [6.07, 6.45) is -3.88. The highest BCUT2D eigenvalue weighted by molar-refractivity contribution is 5.73. The number of carbonyl (C=O) groups is 2. The van der Waals surface area contributed by atoms with Gasteiger partial charge in [0.25, 0.3) is 0 Å². The zero-order chi connectivity index (χ0) is 16.0. The molecule has 1 fully saturated rings. The normalized spacial score (nSPS) is 32.7. The fraction of sp³-hybridized carbons (Fsp3) is 0.833. The van der Waals surface area contributed by atoms with E-state index in [1.807, 2.05) is 0 Å². The molecule has 0 aromatic carbocycles. The van der Waals surface area contributed by atoms with Crippen molar-refractivity contribution in [1.29, 1.82) is 0 Å². The molecule has 1 amide bonds. The van der Waals surface area contributed by atoms with Crippen LogP contribution in [-0.2, 0) is 14.3 Å². The molecular formula is C12H22N2O7. The average Bonchev–Trinajstić information content (AvgIpc) is 2.41. The quantitative estimate of drug-likeness (QED) is 0.273. The van der Waals surface area contributed by atoms with Crippen molar-refractivity contribution in [1.82, 2.24) is 10.6 Å². The van der Waals surface area contributed by atoms with E-state index in [2.05, 4.69) is 10.6 Å². The van der Waals surface area contributed by atoms with Gasteiger partial charge >= 0.3 is 5.97 Å². The highest BCUT2D eigenvalue weighted by atomic mass is 16.5. The first-order valence-electron chi connectivity index (χ1n) is 6.69. The number of amides is 1. The minimum atomic E-state index is -1.31. The summed E-state index contributed by atoms with van der Waals surface area (Å²) in [6, 6.07) is -0.827. The van der Waals surface area contributed by atoms with Crippen molar-refractivity contribution in [2.24, 2.45) is 0 Å². The van der Waals surface area contributed by atoms with E-state index >= 15 is 0 Å². The van der Waals surface area contributed by atoms with E-state index in [0.29, 0.717) is 6.42 Å². The van der Waals surface area contributed by atoms with E-state index in [0.717, 1.165) is 0 Å². The Bertz CT molecular complexity index is 366. The number of aliphatic carboxylic acids is 1. The Morgan fingerprint density at radius 2 is 1.86 bits per heavy atom. The van der Waals surface area contributed by atoms with Gasteiger partial charge in [0.05, 0.1) is 25.3 Å². The number of carboxylic acid groups (broad SMARTS) is 1. The van der Waals surface area contributed by atoms with Crippen molar-refractivity contribution in [2.75, 3.05) is 19.7 Å². The molecule has 9 nitrogen and oxygen atoms in total. The molecule has 6 N–H and O–H groups in total. The fourth-order valence-electron chi connectivity index (χ4n) is 2.29. The van der Waals surface area contributed by atoms with Crippen LogP contribution in [0.3, 0.4) is 0 Å². The molecular weight excluding hydrogens is 284 g/mol. The van der Waals surface area contributed by atoms with E-state index in [9.17, 15) is 19.8 Å². The zero-order valence-corrected chi connectivity index (χ0v) is 11.7. The summed E-state index contributed by atoms with van der Waals surface area (Å²) in [5.41, 5.74) is 0. The minimum absolute atomic E-state index is 0.216. The van der Waals surface area contributed by atoms with Gasteiger partial charge in [-0.25, -0.2) is 0 Å². The van der Waals surface area contributed by atoms with Gasteiger partial charge in [0.15, 0.2) is 0 Å².